The summed E-state index contributed by atoms with van der Waals surface area (Å²) in [5.74, 6) is 0.898. The Morgan fingerprint density at radius 2 is 0.864 bits per heavy atom. The Balaban J connectivity index is 1.91. The van der Waals surface area contributed by atoms with E-state index in [1.54, 1.807) is 24.3 Å². The lowest BCUT2D eigenvalue weighted by Gasteiger charge is -2.25. The second-order valence-electron chi connectivity index (χ2n) is 13.1. The fourth-order valence-corrected chi connectivity index (χ4v) is 7.37. The van der Waals surface area contributed by atoms with Gasteiger partial charge in [0.1, 0.15) is 23.0 Å². The van der Waals surface area contributed by atoms with Crippen LogP contribution in [0.5, 0.6) is 23.0 Å². The molecule has 4 aliphatic carbocycles. The van der Waals surface area contributed by atoms with Crippen molar-refractivity contribution in [2.45, 2.75) is 128 Å². The average molecular weight is 654 g/mol. The van der Waals surface area contributed by atoms with E-state index in [0.29, 0.717) is 34.0 Å². The molecule has 6 atom stereocenters. The highest BCUT2D eigenvalue weighted by atomic mass is 35.5. The van der Waals surface area contributed by atoms with Crippen LogP contribution >= 0.6 is 23.2 Å². The summed E-state index contributed by atoms with van der Waals surface area (Å²) >= 11 is 11.9. The molecule has 6 N–H and O–H groups in total. The van der Waals surface area contributed by atoms with E-state index in [1.807, 2.05) is 13.8 Å². The molecule has 0 saturated carbocycles. The fraction of sp³-hybridized carbons (Fsp3) is 0.667. The van der Waals surface area contributed by atoms with Crippen LogP contribution in [0.1, 0.15) is 150 Å². The van der Waals surface area contributed by atoms with Gasteiger partial charge in [0.25, 0.3) is 0 Å². The lowest BCUT2D eigenvalue weighted by atomic mass is 9.83. The number of unbranched alkanes of at least 4 members (excludes halogenated alkanes) is 2. The van der Waals surface area contributed by atoms with Gasteiger partial charge >= 0.3 is 0 Å². The first-order valence-electron chi connectivity index (χ1n) is 16.7. The van der Waals surface area contributed by atoms with Crippen molar-refractivity contribution >= 4 is 23.2 Å². The minimum atomic E-state index is -0.832. The van der Waals surface area contributed by atoms with Crippen molar-refractivity contribution in [2.24, 2.45) is 11.8 Å². The Kier molecular flexibility index (Phi) is 15.2. The number of aliphatic hydroxyl groups is 2. The second-order valence-corrected chi connectivity index (χ2v) is 13.9. The highest BCUT2D eigenvalue weighted by Gasteiger charge is 2.27. The molecule has 0 amide bonds. The molecule has 6 nitrogen and oxygen atoms in total. The van der Waals surface area contributed by atoms with Crippen LogP contribution in [-0.2, 0) is 0 Å². The molecule has 248 valence electrons. The van der Waals surface area contributed by atoms with E-state index in [9.17, 15) is 30.6 Å². The van der Waals surface area contributed by atoms with Crippen molar-refractivity contribution in [1.82, 2.24) is 0 Å². The number of rotatable bonds is 8. The lowest BCUT2D eigenvalue weighted by Crippen LogP contribution is -2.12. The van der Waals surface area contributed by atoms with E-state index < -0.39 is 12.2 Å². The van der Waals surface area contributed by atoms with E-state index in [0.717, 1.165) is 89.9 Å². The fourth-order valence-electron chi connectivity index (χ4n) is 6.99. The normalized spacial score (nSPS) is 25.9. The number of aliphatic hydroxyl groups excluding tert-OH is 2. The predicted octanol–water partition coefficient (Wildman–Crippen LogP) is 9.67. The van der Waals surface area contributed by atoms with Crippen LogP contribution in [0.2, 0.25) is 0 Å². The molecular weight excluding hydrogens is 599 g/mol. The zero-order valence-electron chi connectivity index (χ0n) is 26.5. The lowest BCUT2D eigenvalue weighted by molar-refractivity contribution is 0.110. The van der Waals surface area contributed by atoms with E-state index in [1.165, 1.54) is 0 Å². The topological polar surface area (TPSA) is 121 Å². The minimum Gasteiger partial charge on any atom is -0.508 e. The Morgan fingerprint density at radius 1 is 0.545 bits per heavy atom. The highest BCUT2D eigenvalue weighted by Crippen LogP contribution is 2.45. The van der Waals surface area contributed by atoms with Crippen LogP contribution in [-0.4, -0.2) is 42.4 Å². The molecule has 0 unspecified atom stereocenters. The molecule has 0 aliphatic heterocycles. The molecule has 0 fully saturated rings. The Bertz CT molecular complexity index is 1020. The summed E-state index contributed by atoms with van der Waals surface area (Å²) in [6.07, 6.45) is 9.67. The van der Waals surface area contributed by atoms with Gasteiger partial charge in [-0.2, -0.15) is 0 Å². The predicted molar refractivity (Wildman–Crippen MR) is 179 cm³/mol. The zero-order valence-corrected chi connectivity index (χ0v) is 28.0. The van der Waals surface area contributed by atoms with E-state index in [-0.39, 0.29) is 46.7 Å². The van der Waals surface area contributed by atoms with Crippen LogP contribution in [0, 0.1) is 11.8 Å². The van der Waals surface area contributed by atoms with Gasteiger partial charge in [0.05, 0.1) is 12.2 Å². The molecule has 0 heterocycles. The first kappa shape index (κ1) is 36.6. The number of hydrogen-bond acceptors (Lipinski definition) is 6. The molecule has 2 aromatic carbocycles. The van der Waals surface area contributed by atoms with Gasteiger partial charge in [-0.05, 0) is 110 Å². The van der Waals surface area contributed by atoms with Crippen molar-refractivity contribution in [1.29, 1.82) is 0 Å². The van der Waals surface area contributed by atoms with E-state index >= 15 is 0 Å². The van der Waals surface area contributed by atoms with Gasteiger partial charge in [0.15, 0.2) is 0 Å². The molecule has 0 aromatic heterocycles. The van der Waals surface area contributed by atoms with Crippen molar-refractivity contribution in [2.75, 3.05) is 11.8 Å². The number of aromatic hydroxyl groups is 4. The summed E-state index contributed by atoms with van der Waals surface area (Å²) in [6, 6.07) is 6.43. The maximum absolute atomic E-state index is 11.2. The number of phenols is 4. The maximum atomic E-state index is 11.2. The van der Waals surface area contributed by atoms with Gasteiger partial charge in [0, 0.05) is 22.9 Å². The van der Waals surface area contributed by atoms with Gasteiger partial charge < -0.3 is 30.6 Å². The molecule has 0 radical (unpaired) electrons. The summed E-state index contributed by atoms with van der Waals surface area (Å²) < 4.78 is 0. The summed E-state index contributed by atoms with van der Waals surface area (Å²) in [5, 5.41) is 66.7. The van der Waals surface area contributed by atoms with Crippen LogP contribution in [0.25, 0.3) is 0 Å². The van der Waals surface area contributed by atoms with Crippen molar-refractivity contribution < 1.29 is 30.6 Å². The van der Waals surface area contributed by atoms with Crippen LogP contribution < -0.4 is 0 Å². The molecule has 4 bridgehead atoms. The number of hydrogen-bond donors (Lipinski definition) is 6. The molecule has 2 aromatic rings. The smallest absolute Gasteiger partial charge is 0.123 e. The molecule has 6 rings (SSSR count). The van der Waals surface area contributed by atoms with Gasteiger partial charge in [-0.3, -0.25) is 0 Å². The second kappa shape index (κ2) is 18.3. The molecule has 4 aliphatic rings. The summed E-state index contributed by atoms with van der Waals surface area (Å²) in [4.78, 5) is 0. The summed E-state index contributed by atoms with van der Waals surface area (Å²) in [7, 11) is 0. The maximum Gasteiger partial charge on any atom is 0.123 e. The molecular formula is C36H54Cl2O6. The molecule has 8 heteroatoms. The van der Waals surface area contributed by atoms with Crippen LogP contribution in [0.15, 0.2) is 24.3 Å². The minimum absolute atomic E-state index is 0.0236. The third-order valence-corrected chi connectivity index (χ3v) is 10.2. The molecule has 0 spiro atoms. The van der Waals surface area contributed by atoms with Crippen molar-refractivity contribution in [3.63, 3.8) is 0 Å². The monoisotopic (exact) mass is 652 g/mol. The Morgan fingerprint density at radius 3 is 1.18 bits per heavy atom. The first-order chi connectivity index (χ1) is 21.1. The number of alkyl halides is 2. The van der Waals surface area contributed by atoms with Crippen molar-refractivity contribution in [3.8, 4) is 23.0 Å². The number of phenolic OH excluding ortho intramolecular Hbond substituents is 4. The van der Waals surface area contributed by atoms with Crippen LogP contribution in [0.4, 0.5) is 0 Å². The Labute approximate surface area is 274 Å². The van der Waals surface area contributed by atoms with Gasteiger partial charge in [0.2, 0.25) is 0 Å². The van der Waals surface area contributed by atoms with Gasteiger partial charge in [-0.15, -0.1) is 23.2 Å². The van der Waals surface area contributed by atoms with Gasteiger partial charge in [-0.1, -0.05) is 52.4 Å². The Hall–Kier alpha value is -1.86. The quantitative estimate of drug-likeness (QED) is 0.125. The standard InChI is InChI=1S/C36H54Cl2O6/c1-23-11-3-5-13-25(15-7-9-17-37)34-31(41)21-28(22-32(34)42)36(44)24(2)12-4-6-14-26(16-8-10-18-38)33-29(39)19-27(35(23)43)20-30(33)40/h19-26,35-36,39-44H,3-18H2,1-2H3/t23-,24-,25+,26+,35+,36+/m0/s1. The summed E-state index contributed by atoms with van der Waals surface area (Å²) in [5.41, 5.74) is 2.08. The van der Waals surface area contributed by atoms with Crippen LogP contribution in [0.3, 0.4) is 0 Å². The number of benzene rings is 2. The highest BCUT2D eigenvalue weighted by molar-refractivity contribution is 6.18. The zero-order chi connectivity index (χ0) is 32.2. The van der Waals surface area contributed by atoms with E-state index in [4.69, 9.17) is 23.2 Å². The summed E-state index contributed by atoms with van der Waals surface area (Å²) in [6.45, 7) is 3.95. The van der Waals surface area contributed by atoms with E-state index in [2.05, 4.69) is 0 Å². The third-order valence-electron chi connectivity index (χ3n) is 9.69. The first-order valence-corrected chi connectivity index (χ1v) is 17.7. The largest absolute Gasteiger partial charge is 0.508 e. The third kappa shape index (κ3) is 10.1. The number of halogens is 2. The van der Waals surface area contributed by atoms with Gasteiger partial charge in [-0.25, -0.2) is 0 Å². The SMILES string of the molecule is C[C@H]1CCCC[C@H](CCCCCl)c2c(O)cc(cc2O)[C@H](O)[C@@H](C)CCCC[C@H](CCCCCl)c2c(O)cc(cc2O)[C@@H]1O. The molecule has 0 saturated heterocycles. The average Bonchev–Trinajstić information content (AvgIpc) is 2.98. The molecule has 44 heavy (non-hydrogen) atoms. The van der Waals surface area contributed by atoms with Crippen molar-refractivity contribution in [3.05, 3.63) is 46.5 Å².